The van der Waals surface area contributed by atoms with Crippen LogP contribution < -0.4 is 9.47 Å². The zero-order valence-electron chi connectivity index (χ0n) is 18.4. The molecule has 0 N–H and O–H groups in total. The molecule has 0 radical (unpaired) electrons. The Morgan fingerprint density at radius 1 is 1.10 bits per heavy atom. The number of nitrogens with zero attached hydrogens (tertiary/aromatic N) is 1. The molecule has 3 fully saturated rings. The van der Waals surface area contributed by atoms with Gasteiger partial charge in [-0.25, -0.2) is 0 Å². The third-order valence-corrected chi connectivity index (χ3v) is 8.44. The van der Waals surface area contributed by atoms with Gasteiger partial charge in [-0.2, -0.15) is 0 Å². The smallest absolute Gasteiger partial charge is 0.254 e. The molecule has 160 valence electrons. The van der Waals surface area contributed by atoms with Gasteiger partial charge in [0.1, 0.15) is 0 Å². The zero-order chi connectivity index (χ0) is 21.2. The molecule has 1 aliphatic heterocycles. The Morgan fingerprint density at radius 3 is 2.14 bits per heavy atom. The van der Waals surface area contributed by atoms with Crippen LogP contribution >= 0.6 is 11.6 Å². The average Bonchev–Trinajstić information content (AvgIpc) is 3.07. The van der Waals surface area contributed by atoms with Gasteiger partial charge in [0.2, 0.25) is 0 Å². The molecule has 1 aromatic carbocycles. The maximum absolute atomic E-state index is 12.4. The largest absolute Gasteiger partial charge is 0.448 e. The predicted molar refractivity (Wildman–Crippen MR) is 113 cm³/mol. The Hall–Kier alpha value is -1.30. The number of Topliss-reactive ketones (excluding diaryl/α,β-unsaturated/α-hetero) is 1. The van der Waals surface area contributed by atoms with Crippen LogP contribution in [0.5, 0.6) is 11.5 Å². The number of hydrogen-bond acceptors (Lipinski definition) is 5. The van der Waals surface area contributed by atoms with E-state index in [0.29, 0.717) is 33.2 Å². The van der Waals surface area contributed by atoms with E-state index in [-0.39, 0.29) is 17.8 Å². The first kappa shape index (κ1) is 21.0. The second-order valence-electron chi connectivity index (χ2n) is 9.49. The van der Waals surface area contributed by atoms with Gasteiger partial charge < -0.3 is 19.1 Å². The van der Waals surface area contributed by atoms with Gasteiger partial charge in [-0.3, -0.25) is 4.79 Å². The van der Waals surface area contributed by atoms with Crippen LogP contribution in [0, 0.1) is 12.3 Å². The highest BCUT2D eigenvalue weighted by molar-refractivity contribution is 6.34. The summed E-state index contributed by atoms with van der Waals surface area (Å²) in [6.45, 7) is 5.79. The lowest BCUT2D eigenvalue weighted by molar-refractivity contribution is -0.211. The maximum atomic E-state index is 12.4. The number of benzene rings is 1. The van der Waals surface area contributed by atoms with Crippen molar-refractivity contribution < 1.29 is 19.0 Å². The van der Waals surface area contributed by atoms with Crippen LogP contribution in [0.2, 0.25) is 5.02 Å². The summed E-state index contributed by atoms with van der Waals surface area (Å²) in [5.41, 5.74) is 2.32. The number of carbonyl (C=O) groups excluding carboxylic acids is 1. The van der Waals surface area contributed by atoms with E-state index >= 15 is 0 Å². The normalized spacial score (nSPS) is 32.8. The zero-order valence-corrected chi connectivity index (χ0v) is 19.2. The van der Waals surface area contributed by atoms with E-state index in [2.05, 4.69) is 25.9 Å². The third kappa shape index (κ3) is 2.84. The van der Waals surface area contributed by atoms with Gasteiger partial charge in [0.25, 0.3) is 5.79 Å². The Bertz CT molecular complexity index is 841. The molecule has 5 rings (SSSR count). The number of fused-ring (bicyclic) bond motifs is 4. The van der Waals surface area contributed by atoms with Crippen molar-refractivity contribution in [1.82, 2.24) is 4.90 Å². The molecule has 1 unspecified atom stereocenters. The van der Waals surface area contributed by atoms with Gasteiger partial charge >= 0.3 is 0 Å². The van der Waals surface area contributed by atoms with Crippen molar-refractivity contribution in [2.45, 2.75) is 77.2 Å². The summed E-state index contributed by atoms with van der Waals surface area (Å²) in [6.07, 6.45) is 6.65. The van der Waals surface area contributed by atoms with Crippen LogP contribution in [0.1, 0.15) is 73.9 Å². The average molecular weight is 422 g/mol. The van der Waals surface area contributed by atoms with E-state index in [1.807, 2.05) is 6.92 Å². The number of halogens is 1. The Kier molecular flexibility index (Phi) is 4.96. The van der Waals surface area contributed by atoms with Crippen LogP contribution in [-0.4, -0.2) is 43.2 Å². The summed E-state index contributed by atoms with van der Waals surface area (Å²) in [7, 11) is 5.99. The van der Waals surface area contributed by atoms with Gasteiger partial charge in [-0.05, 0) is 66.5 Å². The first-order valence-electron chi connectivity index (χ1n) is 10.5. The Labute approximate surface area is 178 Å². The van der Waals surface area contributed by atoms with Gasteiger partial charge in [0.05, 0.1) is 11.6 Å². The van der Waals surface area contributed by atoms with Crippen LogP contribution in [-0.2, 0) is 11.3 Å². The van der Waals surface area contributed by atoms with Gasteiger partial charge in [-0.1, -0.05) is 11.6 Å². The molecule has 1 aromatic rings. The fraction of sp³-hybridized carbons (Fsp3) is 0.696. The van der Waals surface area contributed by atoms with Crippen molar-refractivity contribution in [1.29, 1.82) is 0 Å². The molecule has 3 saturated carbocycles. The van der Waals surface area contributed by atoms with E-state index < -0.39 is 5.79 Å². The first-order chi connectivity index (χ1) is 13.6. The van der Waals surface area contributed by atoms with E-state index in [9.17, 15) is 4.79 Å². The summed E-state index contributed by atoms with van der Waals surface area (Å²) in [6, 6.07) is 0. The number of ether oxygens (including phenoxy) is 3. The summed E-state index contributed by atoms with van der Waals surface area (Å²) in [4.78, 5) is 14.8. The number of methoxy groups -OCH3 is 1. The van der Waals surface area contributed by atoms with Crippen LogP contribution in [0.4, 0.5) is 0 Å². The van der Waals surface area contributed by atoms with Crippen molar-refractivity contribution in [3.05, 3.63) is 21.7 Å². The highest BCUT2D eigenvalue weighted by Gasteiger charge is 2.62. The van der Waals surface area contributed by atoms with Crippen LogP contribution in [0.25, 0.3) is 0 Å². The summed E-state index contributed by atoms with van der Waals surface area (Å²) >= 11 is 6.74. The first-order valence-corrected chi connectivity index (χ1v) is 10.9. The molecule has 0 spiro atoms. The SMILES string of the molecule is COCc1c(Cl)c2c(c(C)c1C(C)=O)OC(C)(C13CCC(N(C)C)(CC1)CC3)O2. The molecule has 0 aromatic heterocycles. The van der Waals surface area contributed by atoms with Crippen molar-refractivity contribution >= 4 is 17.4 Å². The molecule has 1 heterocycles. The van der Waals surface area contributed by atoms with Crippen LogP contribution in [0.3, 0.4) is 0 Å². The molecule has 2 bridgehead atoms. The van der Waals surface area contributed by atoms with Crippen molar-refractivity contribution in [2.75, 3.05) is 21.2 Å². The van der Waals surface area contributed by atoms with E-state index in [4.69, 9.17) is 25.8 Å². The van der Waals surface area contributed by atoms with Gasteiger partial charge in [0.15, 0.2) is 17.3 Å². The predicted octanol–water partition coefficient (Wildman–Crippen LogP) is 5.14. The fourth-order valence-corrected chi connectivity index (χ4v) is 6.25. The van der Waals surface area contributed by atoms with E-state index in [0.717, 1.165) is 44.1 Å². The van der Waals surface area contributed by atoms with Crippen molar-refractivity contribution in [2.24, 2.45) is 5.41 Å². The minimum Gasteiger partial charge on any atom is -0.448 e. The highest BCUT2D eigenvalue weighted by Crippen LogP contribution is 2.63. The minimum atomic E-state index is -0.775. The molecule has 0 saturated heterocycles. The molecule has 0 amide bonds. The summed E-state index contributed by atoms with van der Waals surface area (Å²) in [5, 5.41) is 0.437. The quantitative estimate of drug-likeness (QED) is 0.616. The second-order valence-corrected chi connectivity index (χ2v) is 9.87. The standard InChI is InChI=1S/C23H32ClNO4/c1-14-17(15(2)26)16(13-27-6)18(24)20-19(14)28-21(3,29-20)22-7-10-23(11-8-22,12-9-22)25(4)5/h7-13H2,1-6H3. The maximum Gasteiger partial charge on any atom is 0.254 e. The second kappa shape index (κ2) is 6.86. The molecule has 1 atom stereocenters. The lowest BCUT2D eigenvalue weighted by atomic mass is 9.54. The summed E-state index contributed by atoms with van der Waals surface area (Å²) < 4.78 is 18.4. The number of rotatable bonds is 5. The molecule has 4 aliphatic rings. The summed E-state index contributed by atoms with van der Waals surface area (Å²) in [5.74, 6) is 0.364. The molecular formula is C23H32ClNO4. The van der Waals surface area contributed by atoms with Crippen molar-refractivity contribution in [3.63, 3.8) is 0 Å². The number of hydrogen-bond donors (Lipinski definition) is 0. The number of carbonyl (C=O) groups is 1. The lowest BCUT2D eigenvalue weighted by Gasteiger charge is -2.59. The molecular weight excluding hydrogens is 390 g/mol. The van der Waals surface area contributed by atoms with Gasteiger partial charge in [0, 0.05) is 41.7 Å². The third-order valence-electron chi connectivity index (χ3n) is 8.04. The molecule has 3 aliphatic carbocycles. The van der Waals surface area contributed by atoms with Crippen molar-refractivity contribution in [3.8, 4) is 11.5 Å². The fourth-order valence-electron chi connectivity index (χ4n) is 5.97. The number of ketones is 1. The molecule has 29 heavy (non-hydrogen) atoms. The van der Waals surface area contributed by atoms with Gasteiger partial charge in [-0.15, -0.1) is 0 Å². The van der Waals surface area contributed by atoms with E-state index in [1.54, 1.807) is 14.0 Å². The molecule has 6 heteroatoms. The Balaban J connectivity index is 1.73. The molecule has 5 nitrogen and oxygen atoms in total. The topological polar surface area (TPSA) is 48.0 Å². The Morgan fingerprint density at radius 2 is 1.66 bits per heavy atom. The van der Waals surface area contributed by atoms with Crippen LogP contribution in [0.15, 0.2) is 0 Å². The van der Waals surface area contributed by atoms with E-state index in [1.165, 1.54) is 0 Å². The monoisotopic (exact) mass is 421 g/mol. The highest BCUT2D eigenvalue weighted by atomic mass is 35.5. The lowest BCUT2D eigenvalue weighted by Crippen LogP contribution is -2.62. The minimum absolute atomic E-state index is 0.0410.